The second kappa shape index (κ2) is 7.51. The van der Waals surface area contributed by atoms with E-state index < -0.39 is 29.7 Å². The van der Waals surface area contributed by atoms with Gasteiger partial charge in [0.05, 0.1) is 6.33 Å². The van der Waals surface area contributed by atoms with Gasteiger partial charge in [-0.3, -0.25) is 23.5 Å². The molecule has 0 saturated carbocycles. The van der Waals surface area contributed by atoms with Gasteiger partial charge >= 0.3 is 11.7 Å². The van der Waals surface area contributed by atoms with E-state index in [1.807, 2.05) is 0 Å². The lowest BCUT2D eigenvalue weighted by atomic mass is 10.2. The molecule has 28 heavy (non-hydrogen) atoms. The number of aliphatic carboxylic acids is 1. The van der Waals surface area contributed by atoms with Crippen LogP contribution in [0.1, 0.15) is 6.42 Å². The van der Waals surface area contributed by atoms with Crippen LogP contribution >= 0.6 is 0 Å². The molecule has 0 bridgehead atoms. The Morgan fingerprint density at radius 3 is 2.43 bits per heavy atom. The van der Waals surface area contributed by atoms with Gasteiger partial charge in [0, 0.05) is 32.7 Å². The largest absolute Gasteiger partial charge is 0.480 e. The van der Waals surface area contributed by atoms with Crippen molar-refractivity contribution in [1.82, 2.24) is 18.7 Å². The molecule has 0 spiro atoms. The number of para-hydroxylation sites is 1. The Balaban J connectivity index is 1.89. The maximum atomic E-state index is 12.7. The number of carbonyl (C=O) groups is 2. The number of carboxylic acid groups (broad SMARTS) is 1. The number of carbonyl (C=O) groups excluding carboxylic acids is 1. The third-order valence-corrected chi connectivity index (χ3v) is 4.45. The lowest BCUT2D eigenvalue weighted by molar-refractivity contribution is -0.136. The average molecular weight is 385 g/mol. The molecule has 1 amide bonds. The van der Waals surface area contributed by atoms with Crippen LogP contribution in [-0.4, -0.2) is 42.2 Å². The quantitative estimate of drug-likeness (QED) is 0.635. The number of aryl methyl sites for hydroxylation is 2. The first-order chi connectivity index (χ1) is 13.3. The van der Waals surface area contributed by atoms with Gasteiger partial charge in [0.1, 0.15) is 6.54 Å². The van der Waals surface area contributed by atoms with Crippen LogP contribution in [0.5, 0.6) is 0 Å². The predicted octanol–water partition coefficient (Wildman–Crippen LogP) is -0.0584. The van der Waals surface area contributed by atoms with Gasteiger partial charge in [0.15, 0.2) is 11.2 Å². The number of amides is 1. The number of imidazole rings is 1. The van der Waals surface area contributed by atoms with Crippen LogP contribution in [0.4, 0.5) is 5.69 Å². The molecule has 1 N–H and O–H groups in total. The molecular formula is C18H19N5O5. The molecule has 2 aromatic heterocycles. The average Bonchev–Trinajstić information content (AvgIpc) is 3.11. The molecule has 3 aromatic rings. The number of nitrogens with zero attached hydrogens (tertiary/aromatic N) is 5. The minimum absolute atomic E-state index is 0.0420. The van der Waals surface area contributed by atoms with Gasteiger partial charge in [0.2, 0.25) is 5.91 Å². The van der Waals surface area contributed by atoms with E-state index in [1.54, 1.807) is 30.3 Å². The monoisotopic (exact) mass is 385 g/mol. The lowest BCUT2D eigenvalue weighted by Crippen LogP contribution is -2.38. The molecule has 3 rings (SSSR count). The van der Waals surface area contributed by atoms with Gasteiger partial charge in [-0.2, -0.15) is 0 Å². The van der Waals surface area contributed by atoms with Gasteiger partial charge in [-0.15, -0.1) is 0 Å². The van der Waals surface area contributed by atoms with Crippen LogP contribution < -0.4 is 16.1 Å². The minimum atomic E-state index is -1.13. The number of carboxylic acids is 1. The molecule has 0 aliphatic rings. The molecule has 146 valence electrons. The summed E-state index contributed by atoms with van der Waals surface area (Å²) in [7, 11) is 2.88. The maximum Gasteiger partial charge on any atom is 0.332 e. The van der Waals surface area contributed by atoms with Crippen LogP contribution in [0.3, 0.4) is 0 Å². The lowest BCUT2D eigenvalue weighted by Gasteiger charge is -2.21. The fourth-order valence-electron chi connectivity index (χ4n) is 2.98. The highest BCUT2D eigenvalue weighted by molar-refractivity contribution is 5.97. The Labute approximate surface area is 158 Å². The van der Waals surface area contributed by atoms with Crippen LogP contribution in [0.25, 0.3) is 11.2 Å². The Bertz CT molecular complexity index is 1160. The Morgan fingerprint density at radius 1 is 1.11 bits per heavy atom. The normalized spacial score (nSPS) is 10.9. The van der Waals surface area contributed by atoms with Crippen molar-refractivity contribution < 1.29 is 14.7 Å². The number of fused-ring (bicyclic) bond motifs is 1. The molecule has 0 aliphatic heterocycles. The SMILES string of the molecule is Cn1c(=O)c2c(ncn2CCC(=O)N(CC(=O)O)c2ccccc2)n(C)c1=O. The van der Waals surface area contributed by atoms with E-state index in [1.165, 1.54) is 34.5 Å². The van der Waals surface area contributed by atoms with Crippen molar-refractivity contribution in [2.75, 3.05) is 11.4 Å². The highest BCUT2D eigenvalue weighted by Gasteiger charge is 2.20. The van der Waals surface area contributed by atoms with E-state index in [0.29, 0.717) is 5.69 Å². The highest BCUT2D eigenvalue weighted by Crippen LogP contribution is 2.15. The van der Waals surface area contributed by atoms with Crippen LogP contribution in [-0.2, 0) is 30.2 Å². The van der Waals surface area contributed by atoms with Crippen molar-refractivity contribution in [1.29, 1.82) is 0 Å². The van der Waals surface area contributed by atoms with E-state index in [4.69, 9.17) is 5.11 Å². The molecule has 0 radical (unpaired) electrons. The zero-order valence-electron chi connectivity index (χ0n) is 15.4. The molecule has 2 heterocycles. The second-order valence-electron chi connectivity index (χ2n) is 6.28. The van der Waals surface area contributed by atoms with Crippen LogP contribution in [0, 0.1) is 0 Å². The second-order valence-corrected chi connectivity index (χ2v) is 6.28. The van der Waals surface area contributed by atoms with Gasteiger partial charge in [0.25, 0.3) is 5.56 Å². The first kappa shape index (κ1) is 19.1. The van der Waals surface area contributed by atoms with E-state index in [-0.39, 0.29) is 24.1 Å². The van der Waals surface area contributed by atoms with Crippen LogP contribution in [0.15, 0.2) is 46.2 Å². The maximum absolute atomic E-state index is 12.7. The van der Waals surface area contributed by atoms with Crippen molar-refractivity contribution in [3.63, 3.8) is 0 Å². The zero-order chi connectivity index (χ0) is 20.4. The zero-order valence-corrected chi connectivity index (χ0v) is 15.4. The smallest absolute Gasteiger partial charge is 0.332 e. The fourth-order valence-corrected chi connectivity index (χ4v) is 2.98. The van der Waals surface area contributed by atoms with Gasteiger partial charge in [-0.1, -0.05) is 18.2 Å². The van der Waals surface area contributed by atoms with Crippen molar-refractivity contribution >= 4 is 28.7 Å². The number of hydrogen-bond donors (Lipinski definition) is 1. The standard InChI is InChI=1S/C18H19N5O5/c1-20-16-15(17(27)21(2)18(20)28)22(11-19-16)9-8-13(24)23(10-14(25)26)12-6-4-3-5-7-12/h3-7,11H,8-10H2,1-2H3,(H,25,26). The summed E-state index contributed by atoms with van der Waals surface area (Å²) in [5.74, 6) is -1.54. The van der Waals surface area contributed by atoms with E-state index in [9.17, 15) is 19.2 Å². The van der Waals surface area contributed by atoms with E-state index in [0.717, 1.165) is 4.57 Å². The first-order valence-corrected chi connectivity index (χ1v) is 8.49. The Hall–Kier alpha value is -3.69. The number of rotatable bonds is 6. The van der Waals surface area contributed by atoms with E-state index in [2.05, 4.69) is 4.98 Å². The summed E-state index contributed by atoms with van der Waals surface area (Å²) >= 11 is 0. The molecule has 0 fully saturated rings. The fraction of sp³-hybridized carbons (Fsp3) is 0.278. The topological polar surface area (TPSA) is 119 Å². The summed E-state index contributed by atoms with van der Waals surface area (Å²) in [6, 6.07) is 8.50. The molecule has 1 aromatic carbocycles. The molecule has 0 atom stereocenters. The third-order valence-electron chi connectivity index (χ3n) is 4.45. The molecule has 0 saturated heterocycles. The molecule has 0 unspecified atom stereocenters. The summed E-state index contributed by atoms with van der Waals surface area (Å²) in [5.41, 5.74) is -0.0827. The van der Waals surface area contributed by atoms with Crippen molar-refractivity contribution in [3.05, 3.63) is 57.5 Å². The Morgan fingerprint density at radius 2 is 1.79 bits per heavy atom. The minimum Gasteiger partial charge on any atom is -0.480 e. The summed E-state index contributed by atoms with van der Waals surface area (Å²) in [4.78, 5) is 53.5. The summed E-state index contributed by atoms with van der Waals surface area (Å²) < 4.78 is 3.73. The van der Waals surface area contributed by atoms with Gasteiger partial charge in [-0.05, 0) is 12.1 Å². The van der Waals surface area contributed by atoms with Gasteiger partial charge in [-0.25, -0.2) is 9.78 Å². The van der Waals surface area contributed by atoms with Crippen LogP contribution in [0.2, 0.25) is 0 Å². The molecular weight excluding hydrogens is 366 g/mol. The number of benzene rings is 1. The summed E-state index contributed by atoms with van der Waals surface area (Å²) in [6.07, 6.45) is 1.35. The summed E-state index contributed by atoms with van der Waals surface area (Å²) in [5, 5.41) is 9.13. The van der Waals surface area contributed by atoms with E-state index >= 15 is 0 Å². The molecule has 10 heteroatoms. The number of aromatic nitrogens is 4. The van der Waals surface area contributed by atoms with Crippen molar-refractivity contribution in [2.24, 2.45) is 14.1 Å². The predicted molar refractivity (Wildman–Crippen MR) is 101 cm³/mol. The first-order valence-electron chi connectivity index (χ1n) is 8.49. The van der Waals surface area contributed by atoms with Crippen molar-refractivity contribution in [3.8, 4) is 0 Å². The van der Waals surface area contributed by atoms with Gasteiger partial charge < -0.3 is 14.6 Å². The number of hydrogen-bond acceptors (Lipinski definition) is 5. The van der Waals surface area contributed by atoms with Crippen molar-refractivity contribution in [2.45, 2.75) is 13.0 Å². The molecule has 10 nitrogen and oxygen atoms in total. The summed E-state index contributed by atoms with van der Waals surface area (Å²) in [6.45, 7) is -0.352. The molecule has 0 aliphatic carbocycles. The number of anilines is 1. The highest BCUT2D eigenvalue weighted by atomic mass is 16.4. The Kier molecular flexibility index (Phi) is 5.12. The third kappa shape index (κ3) is 3.43.